The predicted molar refractivity (Wildman–Crippen MR) is 124 cm³/mol. The minimum absolute atomic E-state index is 0.0878. The SMILES string of the molecule is CNC[C@H](c1ccc2ccccc2c1)[C@H](OCC1NC(C(=O)OC)CO1)c1ccccc1. The van der Waals surface area contributed by atoms with E-state index in [0.29, 0.717) is 6.61 Å². The van der Waals surface area contributed by atoms with Gasteiger partial charge in [-0.1, -0.05) is 72.8 Å². The zero-order chi connectivity index (χ0) is 22.3. The van der Waals surface area contributed by atoms with Gasteiger partial charge in [-0.05, 0) is 28.9 Å². The van der Waals surface area contributed by atoms with E-state index in [0.717, 1.165) is 12.1 Å². The second-order valence-electron chi connectivity index (χ2n) is 8.00. The molecular weight excluding hydrogens is 404 g/mol. The molecule has 2 unspecified atom stereocenters. The van der Waals surface area contributed by atoms with Crippen LogP contribution in [0.25, 0.3) is 10.8 Å². The molecule has 6 nitrogen and oxygen atoms in total. The van der Waals surface area contributed by atoms with Crippen molar-refractivity contribution in [3.63, 3.8) is 0 Å². The number of fused-ring (bicyclic) bond motifs is 1. The van der Waals surface area contributed by atoms with Crippen LogP contribution in [-0.2, 0) is 19.0 Å². The summed E-state index contributed by atoms with van der Waals surface area (Å²) in [5.74, 6) is -0.235. The van der Waals surface area contributed by atoms with Crippen molar-refractivity contribution in [3.8, 4) is 0 Å². The molecule has 4 rings (SSSR count). The van der Waals surface area contributed by atoms with Gasteiger partial charge in [0.15, 0.2) is 0 Å². The molecule has 0 saturated carbocycles. The Kier molecular flexibility index (Phi) is 7.50. The number of likely N-dealkylation sites (N-methyl/N-ethyl adjacent to an activating group) is 1. The normalized spacial score (nSPS) is 20.2. The summed E-state index contributed by atoms with van der Waals surface area (Å²) in [7, 11) is 3.34. The minimum atomic E-state index is -0.461. The van der Waals surface area contributed by atoms with Gasteiger partial charge in [0.25, 0.3) is 0 Å². The summed E-state index contributed by atoms with van der Waals surface area (Å²) in [5.41, 5.74) is 2.31. The Bertz CT molecular complexity index is 1030. The molecule has 1 saturated heterocycles. The van der Waals surface area contributed by atoms with E-state index in [1.807, 2.05) is 25.2 Å². The first-order valence-electron chi connectivity index (χ1n) is 10.9. The number of rotatable bonds is 9. The monoisotopic (exact) mass is 434 g/mol. The maximum Gasteiger partial charge on any atom is 0.325 e. The molecule has 3 aromatic carbocycles. The maximum absolute atomic E-state index is 11.8. The third-order valence-corrected chi connectivity index (χ3v) is 5.88. The van der Waals surface area contributed by atoms with E-state index >= 15 is 0 Å². The van der Waals surface area contributed by atoms with Gasteiger partial charge in [-0.25, -0.2) is 0 Å². The molecule has 168 valence electrons. The number of methoxy groups -OCH3 is 1. The molecule has 0 aromatic heterocycles. The first-order valence-corrected chi connectivity index (χ1v) is 10.9. The molecule has 1 aliphatic rings. The molecular formula is C26H30N2O4. The number of carbonyl (C=O) groups is 1. The zero-order valence-electron chi connectivity index (χ0n) is 18.5. The number of hydrogen-bond acceptors (Lipinski definition) is 6. The fraction of sp³-hybridized carbons (Fsp3) is 0.346. The second-order valence-corrected chi connectivity index (χ2v) is 8.00. The summed E-state index contributed by atoms with van der Waals surface area (Å²) in [4.78, 5) is 11.8. The summed E-state index contributed by atoms with van der Waals surface area (Å²) in [6, 6.07) is 24.8. The lowest BCUT2D eigenvalue weighted by Gasteiger charge is -2.29. The highest BCUT2D eigenvalue weighted by Crippen LogP contribution is 2.35. The molecule has 32 heavy (non-hydrogen) atoms. The first kappa shape index (κ1) is 22.4. The quantitative estimate of drug-likeness (QED) is 0.503. The average Bonchev–Trinajstić information content (AvgIpc) is 3.32. The van der Waals surface area contributed by atoms with E-state index in [-0.39, 0.29) is 30.8 Å². The molecule has 1 fully saturated rings. The summed E-state index contributed by atoms with van der Waals surface area (Å²) < 4.78 is 17.0. The van der Waals surface area contributed by atoms with E-state index < -0.39 is 6.04 Å². The van der Waals surface area contributed by atoms with Crippen molar-refractivity contribution < 1.29 is 19.0 Å². The molecule has 2 N–H and O–H groups in total. The van der Waals surface area contributed by atoms with Gasteiger partial charge in [-0.3, -0.25) is 10.1 Å². The van der Waals surface area contributed by atoms with Crippen LogP contribution in [0.2, 0.25) is 0 Å². The van der Waals surface area contributed by atoms with Crippen LogP contribution in [0.3, 0.4) is 0 Å². The first-order chi connectivity index (χ1) is 15.7. The lowest BCUT2D eigenvalue weighted by Crippen LogP contribution is -2.40. The van der Waals surface area contributed by atoms with Gasteiger partial charge < -0.3 is 19.5 Å². The summed E-state index contributed by atoms with van der Waals surface area (Å²) in [5, 5.41) is 8.90. The summed E-state index contributed by atoms with van der Waals surface area (Å²) >= 11 is 0. The fourth-order valence-electron chi connectivity index (χ4n) is 4.24. The fourth-order valence-corrected chi connectivity index (χ4v) is 4.24. The zero-order valence-corrected chi connectivity index (χ0v) is 18.5. The highest BCUT2D eigenvalue weighted by molar-refractivity contribution is 5.83. The molecule has 6 heteroatoms. The van der Waals surface area contributed by atoms with Gasteiger partial charge >= 0.3 is 5.97 Å². The Morgan fingerprint density at radius 2 is 1.81 bits per heavy atom. The van der Waals surface area contributed by atoms with Gasteiger partial charge in [-0.2, -0.15) is 0 Å². The van der Waals surface area contributed by atoms with Crippen LogP contribution in [0.1, 0.15) is 23.1 Å². The number of hydrogen-bond donors (Lipinski definition) is 2. The molecule has 0 amide bonds. The number of benzene rings is 3. The smallest absolute Gasteiger partial charge is 0.325 e. The number of ether oxygens (including phenoxy) is 3. The van der Waals surface area contributed by atoms with Crippen LogP contribution in [0, 0.1) is 0 Å². The van der Waals surface area contributed by atoms with Gasteiger partial charge in [-0.15, -0.1) is 0 Å². The van der Waals surface area contributed by atoms with Crippen LogP contribution in [0.5, 0.6) is 0 Å². The standard InChI is InChI=1S/C26H30N2O4/c1-27-15-22(21-13-12-18-8-6-7-11-20(18)14-21)25(19-9-4-3-5-10-19)32-17-24-28-23(16-31-24)26(29)30-2/h3-14,22-25,27-28H,15-17H2,1-2H3/t22-,23?,24?,25-/m1/s1. The third-order valence-electron chi connectivity index (χ3n) is 5.88. The maximum atomic E-state index is 11.8. The number of nitrogens with one attached hydrogen (secondary N) is 2. The van der Waals surface area contributed by atoms with Crippen molar-refractivity contribution in [2.45, 2.75) is 24.3 Å². The number of esters is 1. The van der Waals surface area contributed by atoms with Crippen LogP contribution in [0.4, 0.5) is 0 Å². The van der Waals surface area contributed by atoms with Gasteiger partial charge in [0.2, 0.25) is 0 Å². The van der Waals surface area contributed by atoms with Gasteiger partial charge in [0.05, 0.1) is 26.4 Å². The Morgan fingerprint density at radius 3 is 2.56 bits per heavy atom. The molecule has 1 aliphatic heterocycles. The molecule has 0 spiro atoms. The van der Waals surface area contributed by atoms with Crippen LogP contribution in [0.15, 0.2) is 72.8 Å². The number of carbonyl (C=O) groups excluding carboxylic acids is 1. The van der Waals surface area contributed by atoms with Crippen molar-refractivity contribution in [2.24, 2.45) is 0 Å². The van der Waals surface area contributed by atoms with Gasteiger partial charge in [0, 0.05) is 12.5 Å². The van der Waals surface area contributed by atoms with Crippen molar-refractivity contribution in [1.82, 2.24) is 10.6 Å². The highest BCUT2D eigenvalue weighted by Gasteiger charge is 2.33. The lowest BCUT2D eigenvalue weighted by molar-refractivity contribution is -0.142. The predicted octanol–water partition coefficient (Wildman–Crippen LogP) is 3.39. The summed E-state index contributed by atoms with van der Waals surface area (Å²) in [6.45, 7) is 1.35. The van der Waals surface area contributed by atoms with Gasteiger partial charge in [0.1, 0.15) is 12.3 Å². The van der Waals surface area contributed by atoms with Crippen LogP contribution in [-0.4, -0.2) is 52.2 Å². The molecule has 0 bridgehead atoms. The van der Waals surface area contributed by atoms with E-state index in [4.69, 9.17) is 14.2 Å². The van der Waals surface area contributed by atoms with Crippen molar-refractivity contribution >= 4 is 16.7 Å². The van der Waals surface area contributed by atoms with Crippen molar-refractivity contribution in [1.29, 1.82) is 0 Å². The molecule has 0 aliphatic carbocycles. The van der Waals surface area contributed by atoms with E-state index in [1.165, 1.54) is 23.4 Å². The minimum Gasteiger partial charge on any atom is -0.468 e. The molecule has 1 heterocycles. The second kappa shape index (κ2) is 10.7. The van der Waals surface area contributed by atoms with Crippen LogP contribution < -0.4 is 10.6 Å². The lowest BCUT2D eigenvalue weighted by atomic mass is 9.87. The molecule has 4 atom stereocenters. The Morgan fingerprint density at radius 1 is 1.06 bits per heavy atom. The largest absolute Gasteiger partial charge is 0.468 e. The average molecular weight is 435 g/mol. The summed E-state index contributed by atoms with van der Waals surface area (Å²) in [6.07, 6.45) is -0.551. The topological polar surface area (TPSA) is 68.8 Å². The van der Waals surface area contributed by atoms with E-state index in [1.54, 1.807) is 0 Å². The highest BCUT2D eigenvalue weighted by atomic mass is 16.6. The third kappa shape index (κ3) is 5.16. The van der Waals surface area contributed by atoms with E-state index in [9.17, 15) is 4.79 Å². The Balaban J connectivity index is 1.58. The molecule has 3 aromatic rings. The van der Waals surface area contributed by atoms with Crippen molar-refractivity contribution in [2.75, 3.05) is 33.9 Å². The van der Waals surface area contributed by atoms with Crippen molar-refractivity contribution in [3.05, 3.63) is 83.9 Å². The van der Waals surface area contributed by atoms with Crippen LogP contribution >= 0.6 is 0 Å². The Hall–Kier alpha value is -2.77. The van der Waals surface area contributed by atoms with E-state index in [2.05, 4.69) is 65.2 Å². The Labute approximate surface area is 188 Å². The molecule has 0 radical (unpaired) electrons.